The molecule has 0 atom stereocenters. The number of piperidine rings is 1. The molecule has 1 saturated heterocycles. The summed E-state index contributed by atoms with van der Waals surface area (Å²) >= 11 is 0. The lowest BCUT2D eigenvalue weighted by Crippen LogP contribution is -2.49. The molecule has 0 aliphatic carbocycles. The van der Waals surface area contributed by atoms with E-state index in [1.807, 2.05) is 41.3 Å². The van der Waals surface area contributed by atoms with Gasteiger partial charge in [0, 0.05) is 32.1 Å². The Labute approximate surface area is 222 Å². The number of benzene rings is 2. The smallest absolute Gasteiger partial charge is 0.257 e. The normalized spacial score (nSPS) is 18.3. The van der Waals surface area contributed by atoms with Crippen LogP contribution in [0, 0.1) is 5.41 Å². The van der Waals surface area contributed by atoms with E-state index in [4.69, 9.17) is 9.26 Å². The molecule has 1 N–H and O–H groups in total. The number of ether oxygens (including phenoxy) is 1. The number of nitrogens with one attached hydrogen (secondary N) is 1. The number of carbonyl (C=O) groups is 3. The van der Waals surface area contributed by atoms with Crippen LogP contribution in [-0.4, -0.2) is 72.5 Å². The van der Waals surface area contributed by atoms with E-state index in [0.29, 0.717) is 61.6 Å². The van der Waals surface area contributed by atoms with Crippen molar-refractivity contribution in [3.05, 3.63) is 59.8 Å². The van der Waals surface area contributed by atoms with Gasteiger partial charge >= 0.3 is 0 Å². The molecule has 9 heteroatoms. The lowest BCUT2D eigenvalue weighted by Gasteiger charge is -2.40. The van der Waals surface area contributed by atoms with Gasteiger partial charge in [-0.2, -0.15) is 0 Å². The van der Waals surface area contributed by atoms with Gasteiger partial charge in [-0.15, -0.1) is 0 Å². The second-order valence-electron chi connectivity index (χ2n) is 10.1. The predicted octanol–water partition coefficient (Wildman–Crippen LogP) is 3.43. The summed E-state index contributed by atoms with van der Waals surface area (Å²) in [7, 11) is 1.67. The van der Waals surface area contributed by atoms with Crippen LogP contribution in [0.25, 0.3) is 11.0 Å². The zero-order valence-corrected chi connectivity index (χ0v) is 21.8. The average molecular weight is 519 g/mol. The minimum absolute atomic E-state index is 0.0310. The van der Waals surface area contributed by atoms with E-state index in [9.17, 15) is 14.4 Å². The second-order valence-corrected chi connectivity index (χ2v) is 10.1. The summed E-state index contributed by atoms with van der Waals surface area (Å²) in [4.78, 5) is 43.4. The Morgan fingerprint density at radius 1 is 0.974 bits per heavy atom. The molecule has 1 fully saturated rings. The zero-order chi connectivity index (χ0) is 26.5. The van der Waals surface area contributed by atoms with Crippen molar-refractivity contribution in [2.24, 2.45) is 5.41 Å². The van der Waals surface area contributed by atoms with E-state index >= 15 is 0 Å². The lowest BCUT2D eigenvalue weighted by molar-refractivity contribution is -0.134. The Hall–Kier alpha value is -3.88. The van der Waals surface area contributed by atoms with E-state index in [1.165, 1.54) is 0 Å². The van der Waals surface area contributed by atoms with Crippen LogP contribution in [0.1, 0.15) is 48.2 Å². The van der Waals surface area contributed by atoms with Crippen LogP contribution in [0.4, 0.5) is 0 Å². The first-order valence-electron chi connectivity index (χ1n) is 13.4. The van der Waals surface area contributed by atoms with E-state index in [0.717, 1.165) is 24.6 Å². The van der Waals surface area contributed by atoms with Crippen LogP contribution in [0.15, 0.2) is 53.1 Å². The number of nitrogens with zero attached hydrogens (tertiary/aromatic N) is 3. The highest BCUT2D eigenvalue weighted by Gasteiger charge is 2.41. The SMILES string of the molecule is CNC(=O)C12CCCCN(C(=O)Cc3noc4ccccc34)CCOc3ccccc3C(=O)N(CC1)CC2. The summed E-state index contributed by atoms with van der Waals surface area (Å²) in [5.41, 5.74) is 1.27. The van der Waals surface area contributed by atoms with Crippen LogP contribution < -0.4 is 10.1 Å². The van der Waals surface area contributed by atoms with Crippen LogP contribution >= 0.6 is 0 Å². The highest BCUT2D eigenvalue weighted by Crippen LogP contribution is 2.38. The van der Waals surface area contributed by atoms with Gasteiger partial charge in [-0.3, -0.25) is 14.4 Å². The van der Waals surface area contributed by atoms with Gasteiger partial charge in [0.2, 0.25) is 11.8 Å². The number of hydrogen-bond donors (Lipinski definition) is 1. The van der Waals surface area contributed by atoms with Crippen LogP contribution in [-0.2, 0) is 16.0 Å². The van der Waals surface area contributed by atoms with Gasteiger partial charge in [0.25, 0.3) is 5.91 Å². The second kappa shape index (κ2) is 11.2. The summed E-state index contributed by atoms with van der Waals surface area (Å²) < 4.78 is 11.5. The van der Waals surface area contributed by atoms with Gasteiger partial charge in [0.05, 0.1) is 23.9 Å². The quantitative estimate of drug-likeness (QED) is 0.570. The summed E-state index contributed by atoms with van der Waals surface area (Å²) in [6.45, 7) is 2.24. The first-order valence-corrected chi connectivity index (χ1v) is 13.4. The van der Waals surface area contributed by atoms with Gasteiger partial charge in [0.15, 0.2) is 5.58 Å². The molecule has 200 valence electrons. The Bertz CT molecular complexity index is 1310. The highest BCUT2D eigenvalue weighted by atomic mass is 16.5. The van der Waals surface area contributed by atoms with Crippen molar-refractivity contribution >= 4 is 28.7 Å². The fourth-order valence-electron chi connectivity index (χ4n) is 5.65. The number of para-hydroxylation sites is 2. The van der Waals surface area contributed by atoms with Gasteiger partial charge in [-0.25, -0.2) is 0 Å². The maximum Gasteiger partial charge on any atom is 0.257 e. The topological polar surface area (TPSA) is 105 Å². The van der Waals surface area contributed by atoms with Gasteiger partial charge in [0.1, 0.15) is 18.1 Å². The molecular formula is C29H34N4O5. The maximum absolute atomic E-state index is 13.4. The molecule has 1 aromatic heterocycles. The Balaban J connectivity index is 1.37. The molecule has 0 saturated carbocycles. The van der Waals surface area contributed by atoms with Crippen molar-refractivity contribution in [2.75, 3.05) is 39.8 Å². The van der Waals surface area contributed by atoms with E-state index in [-0.39, 0.29) is 30.7 Å². The minimum atomic E-state index is -0.504. The average Bonchev–Trinajstić information content (AvgIpc) is 3.36. The largest absolute Gasteiger partial charge is 0.491 e. The number of hydrogen-bond acceptors (Lipinski definition) is 6. The van der Waals surface area contributed by atoms with Crippen molar-refractivity contribution in [3.63, 3.8) is 0 Å². The van der Waals surface area contributed by atoms with E-state index in [2.05, 4.69) is 10.5 Å². The molecule has 3 aliphatic heterocycles. The van der Waals surface area contributed by atoms with Crippen LogP contribution in [0.3, 0.4) is 0 Å². The number of aromatic nitrogens is 1. The summed E-state index contributed by atoms with van der Waals surface area (Å²) in [6, 6.07) is 14.7. The number of amides is 3. The Kier molecular flexibility index (Phi) is 7.62. The molecule has 0 unspecified atom stereocenters. The fourth-order valence-corrected chi connectivity index (χ4v) is 5.65. The molecule has 0 spiro atoms. The lowest BCUT2D eigenvalue weighted by atomic mass is 9.73. The molecular weight excluding hydrogens is 484 g/mol. The molecule has 2 bridgehead atoms. The Morgan fingerprint density at radius 3 is 2.55 bits per heavy atom. The van der Waals surface area contributed by atoms with E-state index < -0.39 is 5.41 Å². The third-order valence-corrected chi connectivity index (χ3v) is 7.91. The maximum atomic E-state index is 13.4. The van der Waals surface area contributed by atoms with Crippen molar-refractivity contribution in [3.8, 4) is 5.75 Å². The third kappa shape index (κ3) is 5.23. The zero-order valence-electron chi connectivity index (χ0n) is 21.8. The molecule has 38 heavy (non-hydrogen) atoms. The summed E-state index contributed by atoms with van der Waals surface area (Å²) in [5, 5.41) is 7.81. The monoisotopic (exact) mass is 518 g/mol. The molecule has 9 nitrogen and oxygen atoms in total. The molecule has 3 amide bonds. The first kappa shape index (κ1) is 25.8. The summed E-state index contributed by atoms with van der Waals surface area (Å²) in [5.74, 6) is 0.384. The van der Waals surface area contributed by atoms with Crippen molar-refractivity contribution in [2.45, 2.75) is 38.5 Å². The van der Waals surface area contributed by atoms with Crippen molar-refractivity contribution in [1.29, 1.82) is 0 Å². The van der Waals surface area contributed by atoms with Crippen LogP contribution in [0.2, 0.25) is 0 Å². The predicted molar refractivity (Wildman–Crippen MR) is 142 cm³/mol. The third-order valence-electron chi connectivity index (χ3n) is 7.91. The number of carbonyl (C=O) groups excluding carboxylic acids is 3. The summed E-state index contributed by atoms with van der Waals surface area (Å²) in [6.07, 6.45) is 3.65. The minimum Gasteiger partial charge on any atom is -0.491 e. The molecule has 4 heterocycles. The molecule has 6 rings (SSSR count). The van der Waals surface area contributed by atoms with Crippen molar-refractivity contribution < 1.29 is 23.6 Å². The van der Waals surface area contributed by atoms with Gasteiger partial charge in [-0.1, -0.05) is 35.8 Å². The van der Waals surface area contributed by atoms with E-state index in [1.54, 1.807) is 24.1 Å². The molecule has 3 aliphatic rings. The standard InChI is InChI=1S/C29H34N4O5/c1-30-28(36)29-12-6-7-15-32(26(34)20-23-21-8-2-5-11-25(21)38-31-23)18-19-37-24-10-4-3-9-22(24)27(35)33(16-13-29)17-14-29/h2-5,8-11H,6-7,12-20H2,1H3,(H,30,36). The molecule has 2 aromatic carbocycles. The highest BCUT2D eigenvalue weighted by molar-refractivity contribution is 5.97. The van der Waals surface area contributed by atoms with Crippen molar-refractivity contribution in [1.82, 2.24) is 20.3 Å². The molecule has 3 aromatic rings. The fraction of sp³-hybridized carbons (Fsp3) is 0.448. The van der Waals surface area contributed by atoms with Crippen LogP contribution in [0.5, 0.6) is 5.75 Å². The number of fused-ring (bicyclic) bond motifs is 10. The van der Waals surface area contributed by atoms with Gasteiger partial charge < -0.3 is 24.4 Å². The Morgan fingerprint density at radius 2 is 1.74 bits per heavy atom. The molecule has 0 radical (unpaired) electrons. The van der Waals surface area contributed by atoms with Gasteiger partial charge in [-0.05, 0) is 49.9 Å². The number of rotatable bonds is 3. The first-order chi connectivity index (χ1) is 18.5.